The predicted molar refractivity (Wildman–Crippen MR) is 72.7 cm³/mol. The first kappa shape index (κ1) is 15.6. The van der Waals surface area contributed by atoms with Crippen molar-refractivity contribution in [2.75, 3.05) is 0 Å². The molecule has 2 aromatic rings. The number of rotatable bonds is 5. The van der Waals surface area contributed by atoms with Crippen molar-refractivity contribution >= 4 is 10.0 Å². The summed E-state index contributed by atoms with van der Waals surface area (Å²) in [5, 5.41) is 8.90. The van der Waals surface area contributed by atoms with Crippen LogP contribution in [0.1, 0.15) is 11.1 Å². The van der Waals surface area contributed by atoms with Gasteiger partial charge in [0, 0.05) is 6.54 Å². The first-order valence-electron chi connectivity index (χ1n) is 6.07. The fourth-order valence-electron chi connectivity index (χ4n) is 1.78. The third kappa shape index (κ3) is 3.44. The fourth-order valence-corrected chi connectivity index (χ4v) is 2.90. The van der Waals surface area contributed by atoms with Gasteiger partial charge in [0.15, 0.2) is 5.82 Å². The van der Waals surface area contributed by atoms with Gasteiger partial charge >= 0.3 is 0 Å². The Morgan fingerprint density at radius 2 is 1.71 bits per heavy atom. The van der Waals surface area contributed by atoms with Gasteiger partial charge in [-0.25, -0.2) is 21.9 Å². The van der Waals surface area contributed by atoms with Crippen molar-refractivity contribution in [3.63, 3.8) is 0 Å². The number of benzene rings is 2. The molecule has 0 fully saturated rings. The lowest BCUT2D eigenvalue weighted by atomic mass is 10.2. The lowest BCUT2D eigenvalue weighted by Gasteiger charge is -2.10. The second-order valence-corrected chi connectivity index (χ2v) is 6.04. The summed E-state index contributed by atoms with van der Waals surface area (Å²) < 4.78 is 53.5. The molecule has 0 atom stereocenters. The fraction of sp³-hybridized carbons (Fsp3) is 0.143. The monoisotopic (exact) mass is 313 g/mol. The molecule has 0 aliphatic carbocycles. The number of hydrogen-bond donors (Lipinski definition) is 2. The van der Waals surface area contributed by atoms with E-state index in [0.717, 1.165) is 12.1 Å². The number of sulfonamides is 1. The van der Waals surface area contributed by atoms with Crippen LogP contribution < -0.4 is 4.72 Å². The molecule has 2 rings (SSSR count). The molecule has 0 bridgehead atoms. The summed E-state index contributed by atoms with van der Waals surface area (Å²) in [6.45, 7) is -0.936. The molecule has 7 heteroatoms. The first-order valence-corrected chi connectivity index (χ1v) is 7.55. The van der Waals surface area contributed by atoms with E-state index >= 15 is 0 Å². The van der Waals surface area contributed by atoms with E-state index in [2.05, 4.69) is 4.72 Å². The number of hydrogen-bond acceptors (Lipinski definition) is 3. The molecule has 0 aliphatic rings. The van der Waals surface area contributed by atoms with Gasteiger partial charge in [0.1, 0.15) is 10.7 Å². The average Bonchev–Trinajstić information content (AvgIpc) is 2.46. The van der Waals surface area contributed by atoms with Gasteiger partial charge in [0.05, 0.1) is 12.2 Å². The zero-order valence-electron chi connectivity index (χ0n) is 10.9. The SMILES string of the molecule is O=S(=O)(NCc1ccccc1)c1ccc(F)c(CO)c1F. The summed E-state index contributed by atoms with van der Waals surface area (Å²) in [4.78, 5) is -0.691. The van der Waals surface area contributed by atoms with Crippen LogP contribution in [0.3, 0.4) is 0 Å². The molecule has 0 aromatic heterocycles. The number of aliphatic hydroxyl groups excluding tert-OH is 1. The van der Waals surface area contributed by atoms with Crippen molar-refractivity contribution in [1.29, 1.82) is 0 Å². The maximum Gasteiger partial charge on any atom is 0.243 e. The zero-order chi connectivity index (χ0) is 15.5. The lowest BCUT2D eigenvalue weighted by Crippen LogP contribution is -2.24. The summed E-state index contributed by atoms with van der Waals surface area (Å²) in [5.41, 5.74) is 0.0311. The minimum Gasteiger partial charge on any atom is -0.391 e. The number of halogens is 2. The van der Waals surface area contributed by atoms with Gasteiger partial charge in [-0.2, -0.15) is 0 Å². The summed E-state index contributed by atoms with van der Waals surface area (Å²) in [6.07, 6.45) is 0. The Kier molecular flexibility index (Phi) is 4.66. The van der Waals surface area contributed by atoms with Crippen molar-refractivity contribution < 1.29 is 22.3 Å². The molecule has 2 aromatic carbocycles. The van der Waals surface area contributed by atoms with Gasteiger partial charge in [0.25, 0.3) is 0 Å². The molecule has 21 heavy (non-hydrogen) atoms. The van der Waals surface area contributed by atoms with Gasteiger partial charge in [-0.3, -0.25) is 0 Å². The van der Waals surface area contributed by atoms with E-state index in [1.54, 1.807) is 30.3 Å². The molecular formula is C14H13F2NO3S. The van der Waals surface area contributed by atoms with Crippen LogP contribution in [-0.2, 0) is 23.2 Å². The zero-order valence-corrected chi connectivity index (χ0v) is 11.7. The van der Waals surface area contributed by atoms with Gasteiger partial charge in [-0.1, -0.05) is 30.3 Å². The van der Waals surface area contributed by atoms with Crippen LogP contribution in [0.4, 0.5) is 8.78 Å². The van der Waals surface area contributed by atoms with Crippen LogP contribution in [0.2, 0.25) is 0 Å². The van der Waals surface area contributed by atoms with E-state index < -0.39 is 38.7 Å². The standard InChI is InChI=1S/C14H13F2NO3S/c15-12-6-7-13(14(16)11(12)9-18)21(19,20)17-8-10-4-2-1-3-5-10/h1-7,17-18H,8-9H2. The normalized spacial score (nSPS) is 11.6. The Morgan fingerprint density at radius 1 is 1.05 bits per heavy atom. The smallest absolute Gasteiger partial charge is 0.243 e. The highest BCUT2D eigenvalue weighted by atomic mass is 32.2. The first-order chi connectivity index (χ1) is 9.95. The molecule has 112 valence electrons. The van der Waals surface area contributed by atoms with E-state index in [0.29, 0.717) is 5.56 Å². The molecule has 4 nitrogen and oxygen atoms in total. The van der Waals surface area contributed by atoms with Gasteiger partial charge < -0.3 is 5.11 Å². The topological polar surface area (TPSA) is 66.4 Å². The quantitative estimate of drug-likeness (QED) is 0.886. The lowest BCUT2D eigenvalue weighted by molar-refractivity contribution is 0.267. The molecule has 2 N–H and O–H groups in total. The summed E-state index contributed by atoms with van der Waals surface area (Å²) in [6, 6.07) is 10.3. The van der Waals surface area contributed by atoms with Crippen molar-refractivity contribution in [2.24, 2.45) is 0 Å². The maximum absolute atomic E-state index is 13.9. The Balaban J connectivity index is 2.28. The second kappa shape index (κ2) is 6.30. The van der Waals surface area contributed by atoms with Crippen molar-refractivity contribution in [2.45, 2.75) is 18.0 Å². The molecule has 0 radical (unpaired) electrons. The Bertz CT molecular complexity index is 733. The largest absolute Gasteiger partial charge is 0.391 e. The minimum atomic E-state index is -4.14. The van der Waals surface area contributed by atoms with Gasteiger partial charge in [-0.15, -0.1) is 0 Å². The van der Waals surface area contributed by atoms with Crippen molar-refractivity contribution in [1.82, 2.24) is 4.72 Å². The average molecular weight is 313 g/mol. The predicted octanol–water partition coefficient (Wildman–Crippen LogP) is 1.94. The molecule has 0 spiro atoms. The summed E-state index contributed by atoms with van der Waals surface area (Å²) in [7, 11) is -4.14. The summed E-state index contributed by atoms with van der Waals surface area (Å²) in [5.74, 6) is -2.27. The van der Waals surface area contributed by atoms with Crippen LogP contribution in [0.15, 0.2) is 47.4 Å². The van der Waals surface area contributed by atoms with E-state index in [-0.39, 0.29) is 6.54 Å². The van der Waals surface area contributed by atoms with Crippen LogP contribution >= 0.6 is 0 Å². The molecule has 0 unspecified atom stereocenters. The Morgan fingerprint density at radius 3 is 2.33 bits per heavy atom. The van der Waals surface area contributed by atoms with Crippen LogP contribution in [0.5, 0.6) is 0 Å². The Hall–Kier alpha value is -1.83. The highest BCUT2D eigenvalue weighted by Crippen LogP contribution is 2.21. The Labute approximate surface area is 121 Å². The van der Waals surface area contributed by atoms with Crippen LogP contribution in [0, 0.1) is 11.6 Å². The summed E-state index contributed by atoms with van der Waals surface area (Å²) >= 11 is 0. The van der Waals surface area contributed by atoms with Crippen molar-refractivity contribution in [3.8, 4) is 0 Å². The third-order valence-corrected chi connectivity index (χ3v) is 4.33. The van der Waals surface area contributed by atoms with Gasteiger partial charge in [0.2, 0.25) is 10.0 Å². The number of aliphatic hydroxyl groups is 1. The maximum atomic E-state index is 13.9. The third-order valence-electron chi connectivity index (χ3n) is 2.91. The highest BCUT2D eigenvalue weighted by molar-refractivity contribution is 7.89. The second-order valence-electron chi connectivity index (χ2n) is 4.31. The molecular weight excluding hydrogens is 300 g/mol. The number of nitrogens with one attached hydrogen (secondary N) is 1. The minimum absolute atomic E-state index is 0.0194. The molecule has 0 heterocycles. The van der Waals surface area contributed by atoms with E-state index in [1.165, 1.54) is 0 Å². The van der Waals surface area contributed by atoms with E-state index in [1.807, 2.05) is 0 Å². The van der Waals surface area contributed by atoms with Crippen LogP contribution in [-0.4, -0.2) is 13.5 Å². The molecule has 0 saturated heterocycles. The molecule has 0 saturated carbocycles. The van der Waals surface area contributed by atoms with Crippen molar-refractivity contribution in [3.05, 3.63) is 65.2 Å². The molecule has 0 amide bonds. The highest BCUT2D eigenvalue weighted by Gasteiger charge is 2.23. The van der Waals surface area contributed by atoms with Crippen LogP contribution in [0.25, 0.3) is 0 Å². The van der Waals surface area contributed by atoms with Gasteiger partial charge in [-0.05, 0) is 17.7 Å². The van der Waals surface area contributed by atoms with E-state index in [9.17, 15) is 17.2 Å². The molecule has 0 aliphatic heterocycles. The van der Waals surface area contributed by atoms with E-state index in [4.69, 9.17) is 5.11 Å².